The van der Waals surface area contributed by atoms with Crippen LogP contribution in [0.15, 0.2) is 12.7 Å². The maximum Gasteiger partial charge on any atom is 0.237 e. The van der Waals surface area contributed by atoms with Crippen molar-refractivity contribution in [2.75, 3.05) is 6.54 Å². The molecule has 15 heavy (non-hydrogen) atoms. The van der Waals surface area contributed by atoms with Gasteiger partial charge in [0, 0.05) is 19.0 Å². The number of hydrogen-bond acceptors (Lipinski definition) is 2. The third-order valence-corrected chi connectivity index (χ3v) is 2.16. The molecule has 0 fully saturated rings. The zero-order chi connectivity index (χ0) is 11.7. The van der Waals surface area contributed by atoms with Gasteiger partial charge < -0.3 is 10.6 Å². The lowest BCUT2D eigenvalue weighted by Gasteiger charge is -2.19. The first-order chi connectivity index (χ1) is 7.15. The van der Waals surface area contributed by atoms with Crippen molar-refractivity contribution in [3.8, 4) is 12.3 Å². The highest BCUT2D eigenvalue weighted by molar-refractivity contribution is 5.81. The lowest BCUT2D eigenvalue weighted by Crippen LogP contribution is -2.46. The van der Waals surface area contributed by atoms with Crippen LogP contribution in [-0.2, 0) is 4.79 Å². The average Bonchev–Trinajstić information content (AvgIpc) is 2.24. The highest BCUT2D eigenvalue weighted by Crippen LogP contribution is 1.98. The molecule has 0 saturated heterocycles. The maximum atomic E-state index is 11.5. The third kappa shape index (κ3) is 5.92. The van der Waals surface area contributed by atoms with Crippen molar-refractivity contribution < 1.29 is 4.79 Å². The number of amides is 1. The Bertz CT molecular complexity index is 242. The number of rotatable bonds is 7. The molecule has 0 aromatic heterocycles. The zero-order valence-electron chi connectivity index (χ0n) is 9.55. The molecule has 0 aliphatic carbocycles. The third-order valence-electron chi connectivity index (χ3n) is 2.16. The van der Waals surface area contributed by atoms with E-state index in [1.54, 1.807) is 6.08 Å². The van der Waals surface area contributed by atoms with E-state index in [2.05, 4.69) is 23.1 Å². The number of terminal acetylenes is 1. The second-order valence-corrected chi connectivity index (χ2v) is 3.44. The van der Waals surface area contributed by atoms with E-state index in [0.29, 0.717) is 13.0 Å². The van der Waals surface area contributed by atoms with Crippen molar-refractivity contribution in [1.82, 2.24) is 10.6 Å². The standard InChI is InChI=1S/C12H20N2O/c1-5-8-11(7-3)14-10(4)12(15)13-9-6-2/h1,6,10-11,14H,2,7-9H2,3-4H3,(H,13,15). The van der Waals surface area contributed by atoms with E-state index in [1.807, 2.05) is 13.8 Å². The van der Waals surface area contributed by atoms with E-state index in [-0.39, 0.29) is 18.0 Å². The van der Waals surface area contributed by atoms with Gasteiger partial charge in [-0.25, -0.2) is 0 Å². The first kappa shape index (κ1) is 13.7. The summed E-state index contributed by atoms with van der Waals surface area (Å²) >= 11 is 0. The Hall–Kier alpha value is -1.27. The van der Waals surface area contributed by atoms with E-state index in [9.17, 15) is 4.79 Å². The van der Waals surface area contributed by atoms with Crippen LogP contribution >= 0.6 is 0 Å². The van der Waals surface area contributed by atoms with E-state index in [0.717, 1.165) is 6.42 Å². The minimum absolute atomic E-state index is 0.0228. The maximum absolute atomic E-state index is 11.5. The monoisotopic (exact) mass is 208 g/mol. The molecule has 0 rings (SSSR count). The molecular weight excluding hydrogens is 188 g/mol. The van der Waals surface area contributed by atoms with Crippen LogP contribution in [0.5, 0.6) is 0 Å². The summed E-state index contributed by atoms with van der Waals surface area (Å²) in [5, 5.41) is 5.92. The van der Waals surface area contributed by atoms with Gasteiger partial charge >= 0.3 is 0 Å². The largest absolute Gasteiger partial charge is 0.351 e. The molecule has 2 N–H and O–H groups in total. The predicted molar refractivity (Wildman–Crippen MR) is 63.3 cm³/mol. The first-order valence-corrected chi connectivity index (χ1v) is 5.23. The minimum atomic E-state index is -0.219. The van der Waals surface area contributed by atoms with Crippen molar-refractivity contribution in [1.29, 1.82) is 0 Å². The van der Waals surface area contributed by atoms with Gasteiger partial charge in [-0.05, 0) is 13.3 Å². The molecular formula is C12H20N2O. The molecule has 0 spiro atoms. The Labute approximate surface area is 92.3 Å². The highest BCUT2D eigenvalue weighted by atomic mass is 16.2. The molecule has 0 aliphatic heterocycles. The van der Waals surface area contributed by atoms with Crippen molar-refractivity contribution in [3.05, 3.63) is 12.7 Å². The van der Waals surface area contributed by atoms with Crippen LogP contribution in [0.2, 0.25) is 0 Å². The summed E-state index contributed by atoms with van der Waals surface area (Å²) in [5.74, 6) is 2.57. The van der Waals surface area contributed by atoms with Crippen LogP contribution in [0.3, 0.4) is 0 Å². The summed E-state index contributed by atoms with van der Waals surface area (Å²) in [6.07, 6.45) is 8.46. The van der Waals surface area contributed by atoms with Crippen LogP contribution in [0.4, 0.5) is 0 Å². The van der Waals surface area contributed by atoms with Gasteiger partial charge in [0.05, 0.1) is 6.04 Å². The van der Waals surface area contributed by atoms with E-state index >= 15 is 0 Å². The number of hydrogen-bond donors (Lipinski definition) is 2. The number of carbonyl (C=O) groups is 1. The fourth-order valence-corrected chi connectivity index (χ4v) is 1.22. The van der Waals surface area contributed by atoms with Crippen molar-refractivity contribution in [2.45, 2.75) is 38.8 Å². The van der Waals surface area contributed by atoms with E-state index < -0.39 is 0 Å². The topological polar surface area (TPSA) is 41.1 Å². The van der Waals surface area contributed by atoms with E-state index in [1.165, 1.54) is 0 Å². The summed E-state index contributed by atoms with van der Waals surface area (Å²) in [7, 11) is 0. The van der Waals surface area contributed by atoms with Gasteiger partial charge in [-0.2, -0.15) is 0 Å². The minimum Gasteiger partial charge on any atom is -0.351 e. The lowest BCUT2D eigenvalue weighted by atomic mass is 10.1. The summed E-state index contributed by atoms with van der Waals surface area (Å²) in [6, 6.07) is -0.0114. The molecule has 0 aliphatic rings. The van der Waals surface area contributed by atoms with Crippen LogP contribution in [-0.4, -0.2) is 24.5 Å². The lowest BCUT2D eigenvalue weighted by molar-refractivity contribution is -0.122. The Morgan fingerprint density at radius 1 is 1.67 bits per heavy atom. The molecule has 0 saturated carbocycles. The second-order valence-electron chi connectivity index (χ2n) is 3.44. The SMILES string of the molecule is C#CCC(CC)NC(C)C(=O)NCC=C. The molecule has 0 aromatic carbocycles. The Morgan fingerprint density at radius 2 is 2.33 bits per heavy atom. The highest BCUT2D eigenvalue weighted by Gasteiger charge is 2.15. The molecule has 2 atom stereocenters. The fourth-order valence-electron chi connectivity index (χ4n) is 1.22. The molecule has 0 aromatic rings. The molecule has 0 bridgehead atoms. The molecule has 3 nitrogen and oxygen atoms in total. The molecule has 1 amide bonds. The molecule has 0 radical (unpaired) electrons. The summed E-state index contributed by atoms with van der Waals surface area (Å²) in [5.41, 5.74) is 0. The zero-order valence-corrected chi connectivity index (χ0v) is 9.55. The van der Waals surface area contributed by atoms with Gasteiger partial charge in [-0.15, -0.1) is 18.9 Å². The van der Waals surface area contributed by atoms with Crippen LogP contribution < -0.4 is 10.6 Å². The quantitative estimate of drug-likeness (QED) is 0.485. The van der Waals surface area contributed by atoms with Gasteiger partial charge in [0.2, 0.25) is 5.91 Å². The average molecular weight is 208 g/mol. The van der Waals surface area contributed by atoms with Gasteiger partial charge in [0.25, 0.3) is 0 Å². The van der Waals surface area contributed by atoms with E-state index in [4.69, 9.17) is 6.42 Å². The second kappa shape index (κ2) is 8.07. The van der Waals surface area contributed by atoms with Crippen molar-refractivity contribution >= 4 is 5.91 Å². The van der Waals surface area contributed by atoms with Gasteiger partial charge in [0.15, 0.2) is 0 Å². The Morgan fingerprint density at radius 3 is 2.80 bits per heavy atom. The first-order valence-electron chi connectivity index (χ1n) is 5.23. The fraction of sp³-hybridized carbons (Fsp3) is 0.583. The van der Waals surface area contributed by atoms with Crippen molar-refractivity contribution in [3.63, 3.8) is 0 Å². The van der Waals surface area contributed by atoms with Gasteiger partial charge in [0.1, 0.15) is 0 Å². The normalized spacial score (nSPS) is 13.7. The Balaban J connectivity index is 3.98. The molecule has 0 heterocycles. The van der Waals surface area contributed by atoms with Crippen LogP contribution in [0.1, 0.15) is 26.7 Å². The van der Waals surface area contributed by atoms with Crippen LogP contribution in [0.25, 0.3) is 0 Å². The number of carbonyl (C=O) groups excluding carboxylic acids is 1. The van der Waals surface area contributed by atoms with Crippen LogP contribution in [0, 0.1) is 12.3 Å². The number of nitrogens with one attached hydrogen (secondary N) is 2. The van der Waals surface area contributed by atoms with Gasteiger partial charge in [-0.3, -0.25) is 4.79 Å². The summed E-state index contributed by atoms with van der Waals surface area (Å²) in [6.45, 7) is 7.91. The summed E-state index contributed by atoms with van der Waals surface area (Å²) < 4.78 is 0. The summed E-state index contributed by atoms with van der Waals surface area (Å²) in [4.78, 5) is 11.5. The predicted octanol–water partition coefficient (Wildman–Crippen LogP) is 1.07. The molecule has 2 unspecified atom stereocenters. The molecule has 84 valence electrons. The molecule has 3 heteroatoms. The van der Waals surface area contributed by atoms with Crippen molar-refractivity contribution in [2.24, 2.45) is 0 Å². The van der Waals surface area contributed by atoms with Gasteiger partial charge in [-0.1, -0.05) is 13.0 Å². The Kier molecular flexibility index (Phi) is 7.39. The smallest absolute Gasteiger partial charge is 0.237 e.